The van der Waals surface area contributed by atoms with Crippen LogP contribution in [0.15, 0.2) is 48.5 Å². The van der Waals surface area contributed by atoms with Crippen molar-refractivity contribution >= 4 is 40.5 Å². The molecule has 1 N–H and O–H groups in total. The zero-order chi connectivity index (χ0) is 20.3. The second-order valence-corrected chi connectivity index (χ2v) is 7.12. The topological polar surface area (TPSA) is 55.4 Å². The molecule has 8 heteroatoms. The van der Waals surface area contributed by atoms with Crippen molar-refractivity contribution in [2.75, 3.05) is 11.9 Å². The van der Waals surface area contributed by atoms with Crippen molar-refractivity contribution in [3.05, 3.63) is 75.6 Å². The lowest BCUT2D eigenvalue weighted by Gasteiger charge is -2.06. The van der Waals surface area contributed by atoms with Crippen LogP contribution in [0.4, 0.5) is 14.5 Å². The third-order valence-electron chi connectivity index (χ3n) is 3.78. The zero-order valence-corrected chi connectivity index (χ0v) is 16.2. The standard InChI is InChI=1S/C20H14ClF2NO3S/c1-2-27-20(26)11-6-7-12(13(21)10-11)16-8-9-17(28-16)19(25)24-18-14(22)4-3-5-15(18)23/h3-10H,2H2,1H3,(H,24,25). The van der Waals surface area contributed by atoms with E-state index in [-0.39, 0.29) is 11.5 Å². The lowest BCUT2D eigenvalue weighted by Crippen LogP contribution is -2.12. The van der Waals surface area contributed by atoms with Crippen molar-refractivity contribution in [3.63, 3.8) is 0 Å². The van der Waals surface area contributed by atoms with Gasteiger partial charge in [0.25, 0.3) is 5.91 Å². The van der Waals surface area contributed by atoms with Crippen LogP contribution >= 0.6 is 22.9 Å². The summed E-state index contributed by atoms with van der Waals surface area (Å²) in [5.74, 6) is -2.83. The molecule has 0 saturated carbocycles. The molecule has 0 atom stereocenters. The van der Waals surface area contributed by atoms with Gasteiger partial charge in [0.2, 0.25) is 0 Å². The maximum Gasteiger partial charge on any atom is 0.338 e. The minimum absolute atomic E-state index is 0.253. The first kappa shape index (κ1) is 20.0. The Balaban J connectivity index is 1.82. The average molecular weight is 422 g/mol. The molecule has 0 aliphatic rings. The molecule has 2 aromatic carbocycles. The summed E-state index contributed by atoms with van der Waals surface area (Å²) in [6.07, 6.45) is 0. The maximum atomic E-state index is 13.7. The number of nitrogens with one attached hydrogen (secondary N) is 1. The van der Waals surface area contributed by atoms with Crippen molar-refractivity contribution in [3.8, 4) is 10.4 Å². The summed E-state index contributed by atoms with van der Waals surface area (Å²) >= 11 is 7.37. The molecule has 144 valence electrons. The first-order valence-corrected chi connectivity index (χ1v) is 9.42. The molecule has 4 nitrogen and oxygen atoms in total. The van der Waals surface area contributed by atoms with Crippen LogP contribution in [0.25, 0.3) is 10.4 Å². The Hall–Kier alpha value is -2.77. The fourth-order valence-corrected chi connectivity index (χ4v) is 3.73. The molecule has 3 aromatic rings. The highest BCUT2D eigenvalue weighted by Crippen LogP contribution is 2.34. The lowest BCUT2D eigenvalue weighted by molar-refractivity contribution is 0.0526. The number of hydrogen-bond acceptors (Lipinski definition) is 4. The van der Waals surface area contributed by atoms with Crippen LogP contribution in [0.5, 0.6) is 0 Å². The number of rotatable bonds is 5. The third kappa shape index (κ3) is 4.21. The molecule has 0 aliphatic carbocycles. The number of carbonyl (C=O) groups is 2. The van der Waals surface area contributed by atoms with E-state index in [2.05, 4.69) is 5.32 Å². The predicted octanol–water partition coefficient (Wildman–Crippen LogP) is 5.78. The van der Waals surface area contributed by atoms with Crippen molar-refractivity contribution in [1.82, 2.24) is 0 Å². The Bertz CT molecular complexity index is 1030. The van der Waals surface area contributed by atoms with E-state index in [0.717, 1.165) is 23.5 Å². The number of anilines is 1. The zero-order valence-electron chi connectivity index (χ0n) is 14.6. The molecule has 0 radical (unpaired) electrons. The number of halogens is 3. The second kappa shape index (κ2) is 8.50. The monoisotopic (exact) mass is 421 g/mol. The number of para-hydroxylation sites is 1. The van der Waals surface area contributed by atoms with Gasteiger partial charge in [0, 0.05) is 10.4 Å². The summed E-state index contributed by atoms with van der Waals surface area (Å²) in [5, 5.41) is 2.56. The molecule has 0 saturated heterocycles. The van der Waals surface area contributed by atoms with Gasteiger partial charge in [0.15, 0.2) is 0 Å². The average Bonchev–Trinajstić information content (AvgIpc) is 3.15. The van der Waals surface area contributed by atoms with E-state index in [4.69, 9.17) is 16.3 Å². The van der Waals surface area contributed by atoms with Gasteiger partial charge in [0.1, 0.15) is 17.3 Å². The molecule has 1 amide bonds. The molecule has 1 heterocycles. The Kier molecular flexibility index (Phi) is 6.06. The maximum absolute atomic E-state index is 13.7. The van der Waals surface area contributed by atoms with Gasteiger partial charge in [-0.2, -0.15) is 0 Å². The smallest absolute Gasteiger partial charge is 0.338 e. The summed E-state index contributed by atoms with van der Waals surface area (Å²) in [4.78, 5) is 25.0. The Morgan fingerprint density at radius 3 is 2.46 bits per heavy atom. The Morgan fingerprint density at radius 1 is 1.11 bits per heavy atom. The highest BCUT2D eigenvalue weighted by molar-refractivity contribution is 7.17. The summed E-state index contributed by atoms with van der Waals surface area (Å²) in [6, 6.07) is 11.2. The van der Waals surface area contributed by atoms with E-state index < -0.39 is 29.2 Å². The fraction of sp³-hybridized carbons (Fsp3) is 0.100. The molecule has 0 spiro atoms. The number of esters is 1. The number of thiophene rings is 1. The molecule has 28 heavy (non-hydrogen) atoms. The van der Waals surface area contributed by atoms with E-state index in [1.807, 2.05) is 0 Å². The molecule has 3 rings (SSSR count). The molecule has 0 aliphatic heterocycles. The fourth-order valence-electron chi connectivity index (χ4n) is 2.45. The summed E-state index contributed by atoms with van der Waals surface area (Å²) in [6.45, 7) is 1.96. The highest BCUT2D eigenvalue weighted by Gasteiger charge is 2.17. The van der Waals surface area contributed by atoms with Gasteiger partial charge >= 0.3 is 5.97 Å². The Morgan fingerprint density at radius 2 is 1.82 bits per heavy atom. The lowest BCUT2D eigenvalue weighted by atomic mass is 10.1. The van der Waals surface area contributed by atoms with Crippen molar-refractivity contribution in [2.45, 2.75) is 6.92 Å². The van der Waals surface area contributed by atoms with E-state index in [1.54, 1.807) is 25.1 Å². The van der Waals surface area contributed by atoms with Gasteiger partial charge in [-0.3, -0.25) is 4.79 Å². The van der Waals surface area contributed by atoms with E-state index >= 15 is 0 Å². The normalized spacial score (nSPS) is 10.6. The first-order chi connectivity index (χ1) is 13.4. The van der Waals surface area contributed by atoms with Crippen LogP contribution in [-0.4, -0.2) is 18.5 Å². The van der Waals surface area contributed by atoms with Crippen LogP contribution in [0.1, 0.15) is 27.0 Å². The van der Waals surface area contributed by atoms with Gasteiger partial charge < -0.3 is 10.1 Å². The molecule has 0 bridgehead atoms. The highest BCUT2D eigenvalue weighted by atomic mass is 35.5. The number of ether oxygens (including phenoxy) is 1. The molecule has 0 unspecified atom stereocenters. The van der Waals surface area contributed by atoms with Crippen LogP contribution in [-0.2, 0) is 4.74 Å². The van der Waals surface area contributed by atoms with E-state index in [0.29, 0.717) is 21.0 Å². The van der Waals surface area contributed by atoms with Crippen LogP contribution in [0.2, 0.25) is 5.02 Å². The molecular formula is C20H14ClF2NO3S. The van der Waals surface area contributed by atoms with Gasteiger partial charge in [0.05, 0.1) is 22.1 Å². The number of carbonyl (C=O) groups excluding carboxylic acids is 2. The first-order valence-electron chi connectivity index (χ1n) is 8.23. The van der Waals surface area contributed by atoms with Crippen molar-refractivity contribution in [2.24, 2.45) is 0 Å². The van der Waals surface area contributed by atoms with Crippen molar-refractivity contribution in [1.29, 1.82) is 0 Å². The Labute approximate surface area is 168 Å². The van der Waals surface area contributed by atoms with Gasteiger partial charge in [-0.05, 0) is 43.3 Å². The predicted molar refractivity (Wildman–Crippen MR) is 105 cm³/mol. The number of amides is 1. The quantitative estimate of drug-likeness (QED) is 0.531. The number of benzene rings is 2. The van der Waals surface area contributed by atoms with Gasteiger partial charge in [-0.1, -0.05) is 23.7 Å². The van der Waals surface area contributed by atoms with Crippen LogP contribution in [0.3, 0.4) is 0 Å². The second-order valence-electron chi connectivity index (χ2n) is 5.63. The molecule has 0 fully saturated rings. The molecule has 1 aromatic heterocycles. The largest absolute Gasteiger partial charge is 0.462 e. The SMILES string of the molecule is CCOC(=O)c1ccc(-c2ccc(C(=O)Nc3c(F)cccc3F)s2)c(Cl)c1. The van der Waals surface area contributed by atoms with E-state index in [9.17, 15) is 18.4 Å². The van der Waals surface area contributed by atoms with Gasteiger partial charge in [-0.25, -0.2) is 13.6 Å². The van der Waals surface area contributed by atoms with Crippen molar-refractivity contribution < 1.29 is 23.1 Å². The van der Waals surface area contributed by atoms with Crippen LogP contribution in [0, 0.1) is 11.6 Å². The summed E-state index contributed by atoms with van der Waals surface area (Å²) in [7, 11) is 0. The molecular weight excluding hydrogens is 408 g/mol. The minimum Gasteiger partial charge on any atom is -0.462 e. The third-order valence-corrected chi connectivity index (χ3v) is 5.21. The summed E-state index contributed by atoms with van der Waals surface area (Å²) < 4.78 is 32.3. The van der Waals surface area contributed by atoms with E-state index in [1.165, 1.54) is 18.2 Å². The number of hydrogen-bond donors (Lipinski definition) is 1. The summed E-state index contributed by atoms with van der Waals surface area (Å²) in [5.41, 5.74) is 0.440. The van der Waals surface area contributed by atoms with Crippen LogP contribution < -0.4 is 5.32 Å². The van der Waals surface area contributed by atoms with Gasteiger partial charge in [-0.15, -0.1) is 11.3 Å². The minimum atomic E-state index is -0.859.